The minimum Gasteiger partial charge on any atom is -0.481 e. The van der Waals surface area contributed by atoms with Crippen LogP contribution in [0, 0.1) is 11.8 Å². The fourth-order valence-corrected chi connectivity index (χ4v) is 4.82. The second-order valence-corrected chi connectivity index (χ2v) is 8.29. The quantitative estimate of drug-likeness (QED) is 0.712. The minimum absolute atomic E-state index is 0.198. The molecule has 0 spiro atoms. The van der Waals surface area contributed by atoms with Crippen molar-refractivity contribution < 1.29 is 4.74 Å². The summed E-state index contributed by atoms with van der Waals surface area (Å²) in [7, 11) is 1.64. The summed E-state index contributed by atoms with van der Waals surface area (Å²) in [6.45, 7) is 3.64. The van der Waals surface area contributed by atoms with Gasteiger partial charge in [-0.1, -0.05) is 12.5 Å². The molecule has 0 N–H and O–H groups in total. The van der Waals surface area contributed by atoms with E-state index in [0.717, 1.165) is 43.9 Å². The largest absolute Gasteiger partial charge is 0.481 e. The summed E-state index contributed by atoms with van der Waals surface area (Å²) in [5, 5.41) is 4.66. The van der Waals surface area contributed by atoms with Crippen LogP contribution in [0.3, 0.4) is 0 Å². The van der Waals surface area contributed by atoms with Crippen molar-refractivity contribution in [3.05, 3.63) is 50.4 Å². The molecule has 1 saturated carbocycles. The van der Waals surface area contributed by atoms with Crippen LogP contribution in [0.1, 0.15) is 36.6 Å². The summed E-state index contributed by atoms with van der Waals surface area (Å²) >= 11 is 0. The molecule has 2 atom stereocenters. The molecule has 0 radical (unpaired) electrons. The molecule has 4 heterocycles. The van der Waals surface area contributed by atoms with E-state index in [4.69, 9.17) is 4.74 Å². The minimum atomic E-state index is -0.465. The standard InChI is InChI=1S/C20H25N5O3/c1-28-18-14(6-3-7-21-18)9-23-10-15-11-24-17(16(15)12-23)22-25(20(27)19(24)26)8-13-4-2-5-13/h3,6-7,13,15-16H,2,4-5,8-12H2,1H3/t15-,16-/m0/s1. The van der Waals surface area contributed by atoms with Crippen LogP contribution in [0.2, 0.25) is 0 Å². The van der Waals surface area contributed by atoms with Crippen molar-refractivity contribution in [2.24, 2.45) is 11.8 Å². The van der Waals surface area contributed by atoms with Crippen molar-refractivity contribution in [2.75, 3.05) is 20.2 Å². The number of ether oxygens (including phenoxy) is 1. The van der Waals surface area contributed by atoms with Gasteiger partial charge in [0.2, 0.25) is 5.88 Å². The zero-order valence-electron chi connectivity index (χ0n) is 16.1. The molecule has 2 fully saturated rings. The fourth-order valence-electron chi connectivity index (χ4n) is 4.82. The summed E-state index contributed by atoms with van der Waals surface area (Å²) in [4.78, 5) is 31.7. The number of hydrogen-bond donors (Lipinski definition) is 0. The first-order valence-corrected chi connectivity index (χ1v) is 10.1. The topological polar surface area (TPSA) is 82.2 Å². The van der Waals surface area contributed by atoms with Crippen molar-refractivity contribution in [3.8, 4) is 5.88 Å². The van der Waals surface area contributed by atoms with E-state index in [2.05, 4.69) is 15.0 Å². The molecule has 0 amide bonds. The molecule has 8 nitrogen and oxygen atoms in total. The number of hydrogen-bond acceptors (Lipinski definition) is 6. The van der Waals surface area contributed by atoms with Gasteiger partial charge in [-0.25, -0.2) is 9.67 Å². The number of fused-ring (bicyclic) bond motifs is 3. The van der Waals surface area contributed by atoms with Crippen molar-refractivity contribution in [2.45, 2.75) is 44.8 Å². The summed E-state index contributed by atoms with van der Waals surface area (Å²) in [5.41, 5.74) is 0.192. The molecule has 2 aromatic rings. The van der Waals surface area contributed by atoms with Gasteiger partial charge in [-0.05, 0) is 24.8 Å². The smallest absolute Gasteiger partial charge is 0.332 e. The number of likely N-dealkylation sites (tertiary alicyclic amines) is 1. The van der Waals surface area contributed by atoms with Crippen LogP contribution >= 0.6 is 0 Å². The highest BCUT2D eigenvalue weighted by Gasteiger charge is 2.43. The van der Waals surface area contributed by atoms with E-state index in [0.29, 0.717) is 30.8 Å². The number of aromatic nitrogens is 4. The number of nitrogens with zero attached hydrogens (tertiary/aromatic N) is 5. The number of rotatable bonds is 5. The molecular formula is C20H25N5O3. The van der Waals surface area contributed by atoms with Crippen LogP contribution in [0.15, 0.2) is 27.9 Å². The Morgan fingerprint density at radius 3 is 2.79 bits per heavy atom. The first kappa shape index (κ1) is 17.6. The van der Waals surface area contributed by atoms with Crippen LogP contribution in [-0.4, -0.2) is 44.4 Å². The van der Waals surface area contributed by atoms with E-state index in [-0.39, 0.29) is 5.92 Å². The Kier molecular flexibility index (Phi) is 4.30. The number of methoxy groups -OCH3 is 1. The molecule has 1 saturated heterocycles. The lowest BCUT2D eigenvalue weighted by molar-refractivity contribution is 0.256. The first-order chi connectivity index (χ1) is 13.6. The Balaban J connectivity index is 1.38. The predicted octanol–water partition coefficient (Wildman–Crippen LogP) is 0.838. The third-order valence-corrected chi connectivity index (χ3v) is 6.52. The molecule has 0 aromatic carbocycles. The zero-order chi connectivity index (χ0) is 19.3. The predicted molar refractivity (Wildman–Crippen MR) is 102 cm³/mol. The van der Waals surface area contributed by atoms with Gasteiger partial charge in [0.1, 0.15) is 5.82 Å². The maximum absolute atomic E-state index is 12.6. The lowest BCUT2D eigenvalue weighted by atomic mass is 9.85. The van der Waals surface area contributed by atoms with Crippen LogP contribution < -0.4 is 15.9 Å². The monoisotopic (exact) mass is 383 g/mol. The van der Waals surface area contributed by atoms with Gasteiger partial charge in [-0.2, -0.15) is 5.10 Å². The summed E-state index contributed by atoms with van der Waals surface area (Å²) in [6, 6.07) is 3.96. The van der Waals surface area contributed by atoms with Gasteiger partial charge in [-0.15, -0.1) is 0 Å². The first-order valence-electron chi connectivity index (χ1n) is 10.1. The highest BCUT2D eigenvalue weighted by Crippen LogP contribution is 2.38. The van der Waals surface area contributed by atoms with E-state index < -0.39 is 11.1 Å². The molecule has 2 aliphatic heterocycles. The van der Waals surface area contributed by atoms with Gasteiger partial charge in [-0.3, -0.25) is 19.1 Å². The average Bonchev–Trinajstić information content (AvgIpc) is 3.20. The van der Waals surface area contributed by atoms with Crippen LogP contribution in [0.5, 0.6) is 5.88 Å². The van der Waals surface area contributed by atoms with E-state index in [1.807, 2.05) is 12.1 Å². The molecule has 148 valence electrons. The normalized spacial score (nSPS) is 24.0. The van der Waals surface area contributed by atoms with Gasteiger partial charge < -0.3 is 4.74 Å². The molecule has 0 bridgehead atoms. The molecule has 28 heavy (non-hydrogen) atoms. The molecular weight excluding hydrogens is 358 g/mol. The van der Waals surface area contributed by atoms with Gasteiger partial charge in [0, 0.05) is 56.3 Å². The van der Waals surface area contributed by atoms with Crippen molar-refractivity contribution >= 4 is 0 Å². The Morgan fingerprint density at radius 2 is 2.04 bits per heavy atom. The highest BCUT2D eigenvalue weighted by molar-refractivity contribution is 5.25. The van der Waals surface area contributed by atoms with Gasteiger partial charge >= 0.3 is 11.1 Å². The molecule has 2 aromatic heterocycles. The fraction of sp³-hybridized carbons (Fsp3) is 0.600. The third kappa shape index (κ3) is 2.87. The SMILES string of the molecule is COc1ncccc1CN1C[C@H]2Cn3c(nn(CC4CCC4)c(=O)c3=O)[C@H]2C1. The Morgan fingerprint density at radius 1 is 1.18 bits per heavy atom. The summed E-state index contributed by atoms with van der Waals surface area (Å²) < 4.78 is 8.43. The van der Waals surface area contributed by atoms with Crippen LogP contribution in [-0.2, 0) is 19.6 Å². The van der Waals surface area contributed by atoms with Crippen LogP contribution in [0.4, 0.5) is 0 Å². The maximum Gasteiger partial charge on any atom is 0.332 e. The average molecular weight is 383 g/mol. The van der Waals surface area contributed by atoms with Crippen molar-refractivity contribution in [1.29, 1.82) is 0 Å². The Bertz CT molecular complexity index is 1010. The lowest BCUT2D eigenvalue weighted by Crippen LogP contribution is -2.45. The number of pyridine rings is 1. The molecule has 0 unspecified atom stereocenters. The lowest BCUT2D eigenvalue weighted by Gasteiger charge is -2.25. The third-order valence-electron chi connectivity index (χ3n) is 6.52. The van der Waals surface area contributed by atoms with E-state index in [1.54, 1.807) is 17.9 Å². The molecule has 3 aliphatic rings. The van der Waals surface area contributed by atoms with Crippen molar-refractivity contribution in [1.82, 2.24) is 24.2 Å². The van der Waals surface area contributed by atoms with E-state index >= 15 is 0 Å². The van der Waals surface area contributed by atoms with E-state index in [1.165, 1.54) is 11.1 Å². The maximum atomic E-state index is 12.6. The van der Waals surface area contributed by atoms with Gasteiger partial charge in [0.25, 0.3) is 0 Å². The summed E-state index contributed by atoms with van der Waals surface area (Å²) in [5.74, 6) is 2.45. The Labute approximate surface area is 162 Å². The van der Waals surface area contributed by atoms with E-state index in [9.17, 15) is 9.59 Å². The second kappa shape index (κ2) is 6.84. The zero-order valence-corrected chi connectivity index (χ0v) is 16.1. The van der Waals surface area contributed by atoms with Crippen LogP contribution in [0.25, 0.3) is 0 Å². The molecule has 1 aliphatic carbocycles. The molecule has 5 rings (SSSR count). The van der Waals surface area contributed by atoms with Crippen molar-refractivity contribution in [3.63, 3.8) is 0 Å². The second-order valence-electron chi connectivity index (χ2n) is 8.29. The van der Waals surface area contributed by atoms with Gasteiger partial charge in [0.05, 0.1) is 7.11 Å². The van der Waals surface area contributed by atoms with Gasteiger partial charge in [0.15, 0.2) is 0 Å². The highest BCUT2D eigenvalue weighted by atomic mass is 16.5. The Hall–Kier alpha value is -2.48. The summed E-state index contributed by atoms with van der Waals surface area (Å²) in [6.07, 6.45) is 5.19. The molecule has 8 heteroatoms.